The number of rotatable bonds is 5. The van der Waals surface area contributed by atoms with Crippen LogP contribution in [0.5, 0.6) is 0 Å². The molecule has 1 aromatic carbocycles. The maximum Gasteiger partial charge on any atom is 0.227 e. The SMILES string of the molecule is CCCNC(=O)C1CCC(C(=O)Nc2c(C)cccc2C)CC1. The molecular weight excluding hydrogens is 288 g/mol. The van der Waals surface area contributed by atoms with Gasteiger partial charge in [0, 0.05) is 24.1 Å². The van der Waals surface area contributed by atoms with E-state index in [9.17, 15) is 9.59 Å². The molecular formula is C19H28N2O2. The van der Waals surface area contributed by atoms with Crippen molar-refractivity contribution in [1.82, 2.24) is 5.32 Å². The predicted molar refractivity (Wildman–Crippen MR) is 93.3 cm³/mol. The van der Waals surface area contributed by atoms with Gasteiger partial charge in [0.1, 0.15) is 0 Å². The van der Waals surface area contributed by atoms with Crippen LogP contribution >= 0.6 is 0 Å². The Morgan fingerprint density at radius 1 is 1.00 bits per heavy atom. The maximum absolute atomic E-state index is 12.5. The number of carbonyl (C=O) groups is 2. The molecule has 1 aromatic rings. The van der Waals surface area contributed by atoms with Crippen molar-refractivity contribution in [2.75, 3.05) is 11.9 Å². The van der Waals surface area contributed by atoms with Crippen molar-refractivity contribution in [3.8, 4) is 0 Å². The van der Waals surface area contributed by atoms with Gasteiger partial charge in [-0.2, -0.15) is 0 Å². The first-order valence-corrected chi connectivity index (χ1v) is 8.67. The Bertz CT molecular complexity index is 540. The van der Waals surface area contributed by atoms with Gasteiger partial charge in [-0.05, 0) is 57.1 Å². The number of hydrogen-bond donors (Lipinski definition) is 2. The van der Waals surface area contributed by atoms with Crippen molar-refractivity contribution in [2.45, 2.75) is 52.9 Å². The van der Waals surface area contributed by atoms with Crippen LogP contribution in [-0.2, 0) is 9.59 Å². The fourth-order valence-corrected chi connectivity index (χ4v) is 3.25. The minimum absolute atomic E-state index is 0.0178. The first-order valence-electron chi connectivity index (χ1n) is 8.67. The molecule has 0 heterocycles. The van der Waals surface area contributed by atoms with E-state index < -0.39 is 0 Å². The van der Waals surface area contributed by atoms with E-state index >= 15 is 0 Å². The molecule has 2 amide bonds. The van der Waals surface area contributed by atoms with E-state index in [2.05, 4.69) is 17.6 Å². The first-order chi connectivity index (χ1) is 11.0. The topological polar surface area (TPSA) is 58.2 Å². The van der Waals surface area contributed by atoms with Crippen LogP contribution in [0.25, 0.3) is 0 Å². The van der Waals surface area contributed by atoms with Gasteiger partial charge in [0.25, 0.3) is 0 Å². The number of benzene rings is 1. The minimum atomic E-state index is 0.0178. The lowest BCUT2D eigenvalue weighted by Gasteiger charge is -2.27. The zero-order valence-corrected chi connectivity index (χ0v) is 14.4. The van der Waals surface area contributed by atoms with E-state index in [0.717, 1.165) is 55.5 Å². The summed E-state index contributed by atoms with van der Waals surface area (Å²) in [7, 11) is 0. The van der Waals surface area contributed by atoms with Crippen molar-refractivity contribution in [2.24, 2.45) is 11.8 Å². The summed E-state index contributed by atoms with van der Waals surface area (Å²) in [6, 6.07) is 6.02. The van der Waals surface area contributed by atoms with Crippen LogP contribution in [0, 0.1) is 25.7 Å². The summed E-state index contributed by atoms with van der Waals surface area (Å²) in [5.74, 6) is 0.338. The van der Waals surface area contributed by atoms with Gasteiger partial charge in [-0.3, -0.25) is 9.59 Å². The molecule has 0 bridgehead atoms. The van der Waals surface area contributed by atoms with Gasteiger partial charge in [-0.15, -0.1) is 0 Å². The molecule has 0 aliphatic heterocycles. The Morgan fingerprint density at radius 2 is 1.52 bits per heavy atom. The number of aryl methyl sites for hydroxylation is 2. The average molecular weight is 316 g/mol. The second kappa shape index (κ2) is 8.14. The van der Waals surface area contributed by atoms with Crippen molar-refractivity contribution in [3.05, 3.63) is 29.3 Å². The largest absolute Gasteiger partial charge is 0.356 e. The normalized spacial score (nSPS) is 20.8. The van der Waals surface area contributed by atoms with Crippen molar-refractivity contribution in [1.29, 1.82) is 0 Å². The van der Waals surface area contributed by atoms with E-state index in [-0.39, 0.29) is 23.7 Å². The van der Waals surface area contributed by atoms with Crippen molar-refractivity contribution < 1.29 is 9.59 Å². The number of para-hydroxylation sites is 1. The molecule has 1 aliphatic rings. The summed E-state index contributed by atoms with van der Waals surface area (Å²) < 4.78 is 0. The third kappa shape index (κ3) is 4.57. The van der Waals surface area contributed by atoms with Gasteiger partial charge in [0.15, 0.2) is 0 Å². The fraction of sp³-hybridized carbons (Fsp3) is 0.579. The number of carbonyl (C=O) groups excluding carboxylic acids is 2. The van der Waals surface area contributed by atoms with Gasteiger partial charge in [-0.25, -0.2) is 0 Å². The molecule has 23 heavy (non-hydrogen) atoms. The molecule has 0 unspecified atom stereocenters. The molecule has 0 radical (unpaired) electrons. The van der Waals surface area contributed by atoms with Crippen LogP contribution in [-0.4, -0.2) is 18.4 Å². The Kier molecular flexibility index (Phi) is 6.20. The maximum atomic E-state index is 12.5. The Balaban J connectivity index is 1.88. The zero-order chi connectivity index (χ0) is 16.8. The lowest BCUT2D eigenvalue weighted by Crippen LogP contribution is -2.35. The zero-order valence-electron chi connectivity index (χ0n) is 14.4. The van der Waals surface area contributed by atoms with Gasteiger partial charge >= 0.3 is 0 Å². The molecule has 4 heteroatoms. The van der Waals surface area contributed by atoms with Crippen LogP contribution in [0.3, 0.4) is 0 Å². The van der Waals surface area contributed by atoms with Crippen LogP contribution in [0.1, 0.15) is 50.2 Å². The number of amides is 2. The first kappa shape index (κ1) is 17.5. The molecule has 1 fully saturated rings. The second-order valence-electron chi connectivity index (χ2n) is 6.60. The molecule has 1 aliphatic carbocycles. The average Bonchev–Trinajstić information content (AvgIpc) is 2.56. The highest BCUT2D eigenvalue weighted by Crippen LogP contribution is 2.30. The third-order valence-corrected chi connectivity index (χ3v) is 4.75. The molecule has 0 atom stereocenters. The molecule has 2 N–H and O–H groups in total. The molecule has 1 saturated carbocycles. The lowest BCUT2D eigenvalue weighted by atomic mass is 9.81. The minimum Gasteiger partial charge on any atom is -0.356 e. The van der Waals surface area contributed by atoms with E-state index in [1.165, 1.54) is 0 Å². The monoisotopic (exact) mass is 316 g/mol. The molecule has 0 spiro atoms. The molecule has 0 aromatic heterocycles. The second-order valence-corrected chi connectivity index (χ2v) is 6.60. The number of hydrogen-bond acceptors (Lipinski definition) is 2. The van der Waals surface area contributed by atoms with Crippen LogP contribution in [0.15, 0.2) is 18.2 Å². The predicted octanol–water partition coefficient (Wildman–Crippen LogP) is 3.57. The summed E-state index contributed by atoms with van der Waals surface area (Å²) >= 11 is 0. The molecule has 4 nitrogen and oxygen atoms in total. The Labute approximate surface area is 139 Å². The lowest BCUT2D eigenvalue weighted by molar-refractivity contribution is -0.128. The summed E-state index contributed by atoms with van der Waals surface area (Å²) in [5, 5.41) is 6.05. The van der Waals surface area contributed by atoms with E-state index in [1.807, 2.05) is 32.0 Å². The van der Waals surface area contributed by atoms with Crippen LogP contribution < -0.4 is 10.6 Å². The van der Waals surface area contributed by atoms with Gasteiger partial charge < -0.3 is 10.6 Å². The number of nitrogens with one attached hydrogen (secondary N) is 2. The van der Waals surface area contributed by atoms with E-state index in [1.54, 1.807) is 0 Å². The van der Waals surface area contributed by atoms with Gasteiger partial charge in [0.2, 0.25) is 11.8 Å². The summed E-state index contributed by atoms with van der Waals surface area (Å²) in [5.41, 5.74) is 3.11. The molecule has 0 saturated heterocycles. The summed E-state index contributed by atoms with van der Waals surface area (Å²) in [4.78, 5) is 24.5. The fourth-order valence-electron chi connectivity index (χ4n) is 3.25. The van der Waals surface area contributed by atoms with Gasteiger partial charge in [-0.1, -0.05) is 25.1 Å². The van der Waals surface area contributed by atoms with Gasteiger partial charge in [0.05, 0.1) is 0 Å². The highest BCUT2D eigenvalue weighted by atomic mass is 16.2. The summed E-state index contributed by atoms with van der Waals surface area (Å²) in [6.45, 7) is 6.82. The standard InChI is InChI=1S/C19H28N2O2/c1-4-12-20-18(22)15-8-10-16(11-9-15)19(23)21-17-13(2)6-5-7-14(17)3/h5-7,15-16H,4,8-12H2,1-3H3,(H,20,22)(H,21,23). The number of anilines is 1. The Morgan fingerprint density at radius 3 is 2.04 bits per heavy atom. The third-order valence-electron chi connectivity index (χ3n) is 4.75. The molecule has 2 rings (SSSR count). The highest BCUT2D eigenvalue weighted by Gasteiger charge is 2.30. The smallest absolute Gasteiger partial charge is 0.227 e. The quantitative estimate of drug-likeness (QED) is 0.872. The van der Waals surface area contributed by atoms with Crippen LogP contribution in [0.4, 0.5) is 5.69 Å². The van der Waals surface area contributed by atoms with E-state index in [4.69, 9.17) is 0 Å². The highest BCUT2D eigenvalue weighted by molar-refractivity contribution is 5.94. The van der Waals surface area contributed by atoms with Crippen molar-refractivity contribution >= 4 is 17.5 Å². The summed E-state index contributed by atoms with van der Waals surface area (Å²) in [6.07, 6.45) is 4.15. The van der Waals surface area contributed by atoms with Crippen LogP contribution in [0.2, 0.25) is 0 Å². The Hall–Kier alpha value is -1.84. The van der Waals surface area contributed by atoms with E-state index in [0.29, 0.717) is 0 Å². The van der Waals surface area contributed by atoms with Crippen molar-refractivity contribution in [3.63, 3.8) is 0 Å². The molecule has 126 valence electrons.